The Labute approximate surface area is 357 Å². The Balaban J connectivity index is 0.00000514. The van der Waals surface area contributed by atoms with Crippen molar-refractivity contribution in [1.29, 1.82) is 0 Å². The average molecular weight is 842 g/mol. The molecule has 3 aromatic heterocycles. The van der Waals surface area contributed by atoms with Gasteiger partial charge < -0.3 is 9.97 Å². The summed E-state index contributed by atoms with van der Waals surface area (Å²) in [5, 5.41) is 15.0. The number of hydrogen-bond donors (Lipinski definition) is 0. The van der Waals surface area contributed by atoms with Crippen LogP contribution in [0.2, 0.25) is 0 Å². The first-order valence-corrected chi connectivity index (χ1v) is 18.2. The zero-order valence-corrected chi connectivity index (χ0v) is 34.7. The first-order chi connectivity index (χ1) is 29.5. The molecule has 282 valence electrons. The van der Waals surface area contributed by atoms with E-state index in [9.17, 15) is 0 Å². The minimum absolute atomic E-state index is 0. The second-order valence-electron chi connectivity index (χ2n) is 13.3. The molecule has 0 unspecified atom stereocenters. The van der Waals surface area contributed by atoms with Crippen molar-refractivity contribution in [2.45, 2.75) is 0 Å². The number of aromatic nitrogens is 4. The van der Waals surface area contributed by atoms with Gasteiger partial charge in [0.15, 0.2) is 0 Å². The van der Waals surface area contributed by atoms with Gasteiger partial charge in [-0.05, 0) is 90.9 Å². The van der Waals surface area contributed by atoms with Gasteiger partial charge in [-0.15, -0.1) is 22.1 Å². The minimum atomic E-state index is 0. The summed E-state index contributed by atoms with van der Waals surface area (Å²) >= 11 is 0. The van der Waals surface area contributed by atoms with Gasteiger partial charge in [-0.1, -0.05) is 142 Å². The Morgan fingerprint density at radius 2 is 0.541 bits per heavy atom. The Morgan fingerprint density at radius 3 is 0.738 bits per heavy atom. The molecule has 7 aromatic rings. The van der Waals surface area contributed by atoms with Crippen LogP contribution in [0.15, 0.2) is 142 Å². The quantitative estimate of drug-likeness (QED) is 0.0626. The van der Waals surface area contributed by atoms with Crippen molar-refractivity contribution in [2.75, 3.05) is 0 Å². The fraction of sp³-hybridized carbons (Fsp3) is 0. The summed E-state index contributed by atoms with van der Waals surface area (Å²) in [5.41, 5.74) is 49.3. The molecule has 4 aromatic carbocycles. The van der Waals surface area contributed by atoms with E-state index in [0.717, 1.165) is 44.5 Å². The number of rotatable bonds is 8. The molecule has 0 saturated carbocycles. The molecule has 0 radical (unpaired) electrons. The van der Waals surface area contributed by atoms with Crippen molar-refractivity contribution < 1.29 is 19.5 Å². The zero-order valence-electron chi connectivity index (χ0n) is 31.7. The SMILES string of the molecule is [N-]=[N+]=Nc1ccc(-c2c3nc(c(-c4ccc(N=[N+]=[N-])cc4)c4ccc([n-]4)c(-c4ccc(N=[N+]=[N-])cc4)c4nc(c(-c5ccc(N=[N+]=[N-])cc5)c5ccc2[n-]5)C=C4)C=C3)cc1.[Zn+2]. The van der Waals surface area contributed by atoms with E-state index in [0.29, 0.717) is 67.6 Å². The molecular weight excluding hydrogens is 818 g/mol. The second-order valence-corrected chi connectivity index (χ2v) is 13.3. The van der Waals surface area contributed by atoms with E-state index >= 15 is 0 Å². The molecule has 9 rings (SSSR count). The van der Waals surface area contributed by atoms with Gasteiger partial charge in [-0.3, -0.25) is 0 Å². The largest absolute Gasteiger partial charge is 2.00 e. The van der Waals surface area contributed by atoms with Gasteiger partial charge in [0, 0.05) is 42.4 Å². The number of hydrogen-bond acceptors (Lipinski definition) is 6. The zero-order chi connectivity index (χ0) is 41.0. The first-order valence-electron chi connectivity index (χ1n) is 18.2. The fourth-order valence-electron chi connectivity index (χ4n) is 7.26. The molecule has 8 bridgehead atoms. The number of fused-ring (bicyclic) bond motifs is 8. The van der Waals surface area contributed by atoms with Crippen LogP contribution in [-0.4, -0.2) is 9.97 Å². The van der Waals surface area contributed by atoms with Gasteiger partial charge in [0.1, 0.15) is 0 Å². The van der Waals surface area contributed by atoms with E-state index in [2.05, 4.69) is 40.1 Å². The summed E-state index contributed by atoms with van der Waals surface area (Å²) in [5.74, 6) is 0. The molecule has 0 saturated heterocycles. The molecule has 0 N–H and O–H groups in total. The molecule has 5 heterocycles. The maximum Gasteiger partial charge on any atom is 2.00 e. The summed E-state index contributed by atoms with van der Waals surface area (Å²) in [6.45, 7) is 0. The molecule has 0 aliphatic carbocycles. The Hall–Kier alpha value is -8.66. The Morgan fingerprint density at radius 1 is 0.328 bits per heavy atom. The van der Waals surface area contributed by atoms with Crippen LogP contribution in [-0.2, 0) is 19.5 Å². The first kappa shape index (κ1) is 39.2. The number of azide groups is 4. The summed E-state index contributed by atoms with van der Waals surface area (Å²) in [4.78, 5) is 32.7. The van der Waals surface area contributed by atoms with Gasteiger partial charge in [-0.2, -0.15) is 0 Å². The predicted octanol–water partition coefficient (Wildman–Crippen LogP) is 14.3. The minimum Gasteiger partial charge on any atom is -0.657 e. The molecule has 0 fully saturated rings. The molecule has 0 spiro atoms. The third kappa shape index (κ3) is 7.71. The van der Waals surface area contributed by atoms with Crippen LogP contribution in [0.3, 0.4) is 0 Å². The van der Waals surface area contributed by atoms with Gasteiger partial charge in [0.25, 0.3) is 0 Å². The maximum absolute atomic E-state index is 9.07. The van der Waals surface area contributed by atoms with Crippen molar-refractivity contribution in [2.24, 2.45) is 20.5 Å². The van der Waals surface area contributed by atoms with Gasteiger partial charge in [-0.25, -0.2) is 9.97 Å². The monoisotopic (exact) mass is 840 g/mol. The normalized spacial score (nSPS) is 11.0. The van der Waals surface area contributed by atoms with Crippen LogP contribution in [0.4, 0.5) is 22.7 Å². The molecule has 16 nitrogen and oxygen atoms in total. The standard InChI is InChI=1S/C44H24N16.Zn/c45-57-53-29-9-1-25(2-10-29)41-33-17-19-35(49-33)42(26-3-11-30(12-4-26)54-58-46)37-21-23-39(51-37)44(28-7-15-32(16-8-28)56-60-48)40-24-22-38(52-40)43(36-20-18-34(41)50-36)27-5-13-31(14-6-27)55-59-47;/h1-24H;/q-2;+2. The summed E-state index contributed by atoms with van der Waals surface area (Å²) in [6.07, 6.45) is 7.73. The van der Waals surface area contributed by atoms with E-state index in [1.54, 1.807) is 48.5 Å². The van der Waals surface area contributed by atoms with Crippen LogP contribution in [0, 0.1) is 0 Å². The summed E-state index contributed by atoms with van der Waals surface area (Å²) in [6, 6.07) is 36.6. The molecule has 2 aliphatic rings. The van der Waals surface area contributed by atoms with Gasteiger partial charge >= 0.3 is 19.5 Å². The van der Waals surface area contributed by atoms with Crippen molar-refractivity contribution in [3.63, 3.8) is 0 Å². The van der Waals surface area contributed by atoms with Crippen LogP contribution in [0.1, 0.15) is 22.8 Å². The molecule has 17 heteroatoms. The smallest absolute Gasteiger partial charge is 0.657 e. The van der Waals surface area contributed by atoms with Crippen molar-refractivity contribution in [1.82, 2.24) is 19.9 Å². The van der Waals surface area contributed by atoms with E-state index in [4.69, 9.17) is 42.1 Å². The number of nitrogens with zero attached hydrogens (tertiary/aromatic N) is 16. The third-order valence-electron chi connectivity index (χ3n) is 9.87. The van der Waals surface area contributed by atoms with Gasteiger partial charge in [0.2, 0.25) is 0 Å². The van der Waals surface area contributed by atoms with Crippen LogP contribution >= 0.6 is 0 Å². The average Bonchev–Trinajstić information content (AvgIpc) is 4.12. The van der Waals surface area contributed by atoms with Crippen molar-refractivity contribution in [3.8, 4) is 44.5 Å². The van der Waals surface area contributed by atoms with E-state index in [1.165, 1.54) is 0 Å². The second kappa shape index (κ2) is 17.1. The van der Waals surface area contributed by atoms with E-state index in [-0.39, 0.29) is 19.5 Å². The van der Waals surface area contributed by atoms with E-state index < -0.39 is 0 Å². The molecule has 0 amide bonds. The summed E-state index contributed by atoms with van der Waals surface area (Å²) in [7, 11) is 0. The Bertz CT molecular complexity index is 2870. The third-order valence-corrected chi connectivity index (χ3v) is 9.87. The maximum atomic E-state index is 9.07. The Kier molecular flexibility index (Phi) is 11.0. The van der Waals surface area contributed by atoms with Crippen LogP contribution < -0.4 is 9.97 Å². The fourth-order valence-corrected chi connectivity index (χ4v) is 7.26. The summed E-state index contributed by atoms with van der Waals surface area (Å²) < 4.78 is 0. The molecule has 2 aliphatic heterocycles. The van der Waals surface area contributed by atoms with E-state index in [1.807, 2.05) is 97.1 Å². The molecule has 0 atom stereocenters. The van der Waals surface area contributed by atoms with Crippen LogP contribution in [0.5, 0.6) is 0 Å². The van der Waals surface area contributed by atoms with Gasteiger partial charge in [0.05, 0.1) is 22.8 Å². The number of benzene rings is 4. The van der Waals surface area contributed by atoms with Crippen molar-refractivity contribution >= 4 is 69.1 Å². The predicted molar refractivity (Wildman–Crippen MR) is 234 cm³/mol. The van der Waals surface area contributed by atoms with Crippen molar-refractivity contribution in [3.05, 3.63) is 186 Å². The molecular formula is C44H24N16Zn. The van der Waals surface area contributed by atoms with Crippen LogP contribution in [0.25, 0.3) is 133 Å². The molecule has 61 heavy (non-hydrogen) atoms. The topological polar surface area (TPSA) is 249 Å².